The highest BCUT2D eigenvalue weighted by Crippen LogP contribution is 2.19. The maximum Gasteiger partial charge on any atom is 0.270 e. The van der Waals surface area contributed by atoms with Crippen molar-refractivity contribution in [2.24, 2.45) is 5.73 Å². The highest BCUT2D eigenvalue weighted by atomic mass is 16.3. The molecule has 1 aromatic heterocycles. The van der Waals surface area contributed by atoms with Gasteiger partial charge in [0.2, 0.25) is 11.8 Å². The molecule has 0 unspecified atom stereocenters. The van der Waals surface area contributed by atoms with E-state index in [1.165, 1.54) is 6.07 Å². The van der Waals surface area contributed by atoms with Crippen molar-refractivity contribution in [3.63, 3.8) is 0 Å². The van der Waals surface area contributed by atoms with Crippen molar-refractivity contribution in [3.05, 3.63) is 113 Å². The normalized spacial score (nSPS) is 13.3. The minimum absolute atomic E-state index is 0.0544. The lowest BCUT2D eigenvalue weighted by Gasteiger charge is -2.28. The standard InChI is InChI=1S/C36H41N5O5/c1-22-14-15-25(26(18-22)33(44)41-36(2,3)4)20-31(42)29(19-23-10-6-5-7-11-23)39-35(46)30(21-32(37)43)40-34(45)28-17-16-24-12-8-9-13-27(24)38-28/h5-18,29-31,42H,19-21H2,1-4H3,(H2,37,43)(H,39,46)(H,40,45)(H,41,44)/t29-,30-,31+/m0/s1. The van der Waals surface area contributed by atoms with Gasteiger partial charge in [0.15, 0.2) is 0 Å². The molecule has 46 heavy (non-hydrogen) atoms. The third-order valence-electron chi connectivity index (χ3n) is 7.38. The van der Waals surface area contributed by atoms with Crippen LogP contribution in [0, 0.1) is 6.92 Å². The Hall–Kier alpha value is -5.09. The smallest absolute Gasteiger partial charge is 0.270 e. The zero-order valence-electron chi connectivity index (χ0n) is 26.5. The van der Waals surface area contributed by atoms with E-state index in [1.54, 1.807) is 30.3 Å². The van der Waals surface area contributed by atoms with Crippen molar-refractivity contribution < 1.29 is 24.3 Å². The van der Waals surface area contributed by atoms with Gasteiger partial charge in [-0.1, -0.05) is 72.3 Å². The number of benzene rings is 3. The second-order valence-electron chi connectivity index (χ2n) is 12.5. The minimum atomic E-state index is -1.32. The second kappa shape index (κ2) is 14.8. The summed E-state index contributed by atoms with van der Waals surface area (Å²) >= 11 is 0. The molecule has 0 aliphatic heterocycles. The molecule has 10 heteroatoms. The van der Waals surface area contributed by atoms with Crippen LogP contribution in [0.3, 0.4) is 0 Å². The van der Waals surface area contributed by atoms with Crippen molar-refractivity contribution >= 4 is 34.5 Å². The Morgan fingerprint density at radius 2 is 1.54 bits per heavy atom. The fraction of sp³-hybridized carbons (Fsp3) is 0.306. The lowest BCUT2D eigenvalue weighted by molar-refractivity contribution is -0.128. The lowest BCUT2D eigenvalue weighted by atomic mass is 9.92. The number of nitrogens with two attached hydrogens (primary N) is 1. The van der Waals surface area contributed by atoms with Crippen molar-refractivity contribution in [1.29, 1.82) is 0 Å². The zero-order valence-corrected chi connectivity index (χ0v) is 26.5. The van der Waals surface area contributed by atoms with Gasteiger partial charge in [-0.25, -0.2) is 4.98 Å². The van der Waals surface area contributed by atoms with Crippen LogP contribution >= 0.6 is 0 Å². The van der Waals surface area contributed by atoms with Crippen LogP contribution in [0.4, 0.5) is 0 Å². The van der Waals surface area contributed by atoms with Gasteiger partial charge in [0.1, 0.15) is 11.7 Å². The summed E-state index contributed by atoms with van der Waals surface area (Å²) in [5, 5.41) is 20.8. The zero-order chi connectivity index (χ0) is 33.4. The first kappa shape index (κ1) is 33.8. The van der Waals surface area contributed by atoms with Gasteiger partial charge in [0.05, 0.1) is 24.1 Å². The molecule has 0 spiro atoms. The van der Waals surface area contributed by atoms with E-state index >= 15 is 0 Å². The van der Waals surface area contributed by atoms with Crippen LogP contribution < -0.4 is 21.7 Å². The number of aliphatic hydroxyl groups is 1. The molecule has 0 fully saturated rings. The Balaban J connectivity index is 1.58. The largest absolute Gasteiger partial charge is 0.391 e. The molecule has 240 valence electrons. The van der Waals surface area contributed by atoms with E-state index in [2.05, 4.69) is 20.9 Å². The average Bonchev–Trinajstić information content (AvgIpc) is 3.00. The average molecular weight is 624 g/mol. The number of nitrogens with one attached hydrogen (secondary N) is 3. The molecule has 3 aromatic carbocycles. The van der Waals surface area contributed by atoms with E-state index in [9.17, 15) is 24.3 Å². The molecule has 0 aliphatic carbocycles. The number of aryl methyl sites for hydroxylation is 1. The number of hydrogen-bond donors (Lipinski definition) is 5. The van der Waals surface area contributed by atoms with Crippen molar-refractivity contribution in [2.75, 3.05) is 0 Å². The van der Waals surface area contributed by atoms with E-state index in [0.717, 1.165) is 16.5 Å². The monoisotopic (exact) mass is 623 g/mol. The van der Waals surface area contributed by atoms with Gasteiger partial charge in [0, 0.05) is 22.9 Å². The number of pyridine rings is 1. The Morgan fingerprint density at radius 1 is 0.848 bits per heavy atom. The topological polar surface area (TPSA) is 164 Å². The van der Waals surface area contributed by atoms with Crippen LogP contribution in [0.1, 0.15) is 64.7 Å². The van der Waals surface area contributed by atoms with E-state index in [4.69, 9.17) is 5.73 Å². The van der Waals surface area contributed by atoms with Crippen LogP contribution in [0.2, 0.25) is 0 Å². The summed E-state index contributed by atoms with van der Waals surface area (Å²) in [5.41, 5.74) is 8.44. The molecule has 0 radical (unpaired) electrons. The summed E-state index contributed by atoms with van der Waals surface area (Å²) in [6.07, 6.45) is -1.31. The second-order valence-corrected chi connectivity index (χ2v) is 12.5. The molecule has 6 N–H and O–H groups in total. The molecule has 0 aliphatic rings. The van der Waals surface area contributed by atoms with Gasteiger partial charge >= 0.3 is 0 Å². The van der Waals surface area contributed by atoms with E-state index in [1.807, 2.05) is 76.2 Å². The molecule has 4 amide bonds. The summed E-state index contributed by atoms with van der Waals surface area (Å²) in [5.74, 6) is -2.40. The number of aromatic nitrogens is 1. The van der Waals surface area contributed by atoms with Gasteiger partial charge in [0.25, 0.3) is 11.8 Å². The number of amides is 4. The molecule has 3 atom stereocenters. The SMILES string of the molecule is Cc1ccc(C[C@@H](O)[C@H](Cc2ccccc2)NC(=O)[C@H](CC(N)=O)NC(=O)c2ccc3ccccc3n2)c(C(=O)NC(C)(C)C)c1. The van der Waals surface area contributed by atoms with Crippen molar-refractivity contribution in [3.8, 4) is 0 Å². The molecular formula is C36H41N5O5. The Morgan fingerprint density at radius 3 is 2.24 bits per heavy atom. The summed E-state index contributed by atoms with van der Waals surface area (Å²) in [4.78, 5) is 56.4. The van der Waals surface area contributed by atoms with E-state index < -0.39 is 47.9 Å². The quantitative estimate of drug-likeness (QED) is 0.162. The number of carbonyl (C=O) groups excluding carboxylic acids is 4. The molecular weight excluding hydrogens is 582 g/mol. The number of fused-ring (bicyclic) bond motifs is 1. The lowest BCUT2D eigenvalue weighted by Crippen LogP contribution is -2.54. The highest BCUT2D eigenvalue weighted by molar-refractivity contribution is 5.99. The first-order valence-electron chi connectivity index (χ1n) is 15.2. The molecule has 4 rings (SSSR count). The van der Waals surface area contributed by atoms with Gasteiger partial charge in [-0.05, 0) is 63.4 Å². The van der Waals surface area contributed by atoms with Gasteiger partial charge in [-0.2, -0.15) is 0 Å². The molecule has 0 saturated carbocycles. The third kappa shape index (κ3) is 9.45. The Kier molecular flexibility index (Phi) is 10.9. The summed E-state index contributed by atoms with van der Waals surface area (Å²) in [7, 11) is 0. The molecule has 10 nitrogen and oxygen atoms in total. The number of hydrogen-bond acceptors (Lipinski definition) is 6. The first-order valence-corrected chi connectivity index (χ1v) is 15.2. The predicted molar refractivity (Wildman–Crippen MR) is 177 cm³/mol. The van der Waals surface area contributed by atoms with Crippen LogP contribution in [0.25, 0.3) is 10.9 Å². The molecule has 0 bridgehead atoms. The molecule has 1 heterocycles. The number of carbonyl (C=O) groups is 4. The number of primary amides is 1. The van der Waals surface area contributed by atoms with Gasteiger partial charge in [-0.15, -0.1) is 0 Å². The fourth-order valence-electron chi connectivity index (χ4n) is 5.12. The van der Waals surface area contributed by atoms with Gasteiger partial charge < -0.3 is 26.8 Å². The number of nitrogens with zero attached hydrogens (tertiary/aromatic N) is 1. The number of aliphatic hydroxyl groups excluding tert-OH is 1. The number of para-hydroxylation sites is 1. The molecule has 0 saturated heterocycles. The maximum atomic E-state index is 13.7. The minimum Gasteiger partial charge on any atom is -0.391 e. The van der Waals surface area contributed by atoms with E-state index in [-0.39, 0.29) is 24.4 Å². The third-order valence-corrected chi connectivity index (χ3v) is 7.38. The van der Waals surface area contributed by atoms with Crippen molar-refractivity contribution in [1.82, 2.24) is 20.9 Å². The summed E-state index contributed by atoms with van der Waals surface area (Å²) < 4.78 is 0. The van der Waals surface area contributed by atoms with Crippen LogP contribution in [-0.4, -0.2) is 57.4 Å². The predicted octanol–water partition coefficient (Wildman–Crippen LogP) is 3.38. The van der Waals surface area contributed by atoms with Crippen LogP contribution in [-0.2, 0) is 22.4 Å². The van der Waals surface area contributed by atoms with E-state index in [0.29, 0.717) is 16.6 Å². The maximum absolute atomic E-state index is 13.7. The number of rotatable bonds is 12. The van der Waals surface area contributed by atoms with Crippen LogP contribution in [0.15, 0.2) is 84.9 Å². The Bertz CT molecular complexity index is 1720. The molecule has 4 aromatic rings. The van der Waals surface area contributed by atoms with Gasteiger partial charge in [-0.3, -0.25) is 19.2 Å². The summed E-state index contributed by atoms with van der Waals surface area (Å²) in [6.45, 7) is 7.54. The first-order chi connectivity index (χ1) is 21.8. The van der Waals surface area contributed by atoms with Crippen molar-refractivity contribution in [2.45, 2.75) is 70.7 Å². The van der Waals surface area contributed by atoms with Crippen LogP contribution in [0.5, 0.6) is 0 Å². The fourth-order valence-corrected chi connectivity index (χ4v) is 5.12. The Labute approximate surface area is 268 Å². The highest BCUT2D eigenvalue weighted by Gasteiger charge is 2.30. The summed E-state index contributed by atoms with van der Waals surface area (Å²) in [6, 6.07) is 23.1.